The molecule has 0 aromatic heterocycles. The van der Waals surface area contributed by atoms with Gasteiger partial charge in [0.05, 0.1) is 12.1 Å². The van der Waals surface area contributed by atoms with E-state index >= 15 is 0 Å². The third-order valence-corrected chi connectivity index (χ3v) is 2.41. The minimum Gasteiger partial charge on any atom is -0.447 e. The largest absolute Gasteiger partial charge is 0.447 e. The van der Waals surface area contributed by atoms with Gasteiger partial charge < -0.3 is 10.5 Å². The predicted octanol–water partition coefficient (Wildman–Crippen LogP) is 2.24. The fourth-order valence-electron chi connectivity index (χ4n) is 1.59. The van der Waals surface area contributed by atoms with E-state index in [-0.39, 0.29) is 24.5 Å². The maximum absolute atomic E-state index is 12.6. The number of carbonyl (C=O) groups is 1. The average molecular weight is 246 g/mol. The first-order valence-corrected chi connectivity index (χ1v) is 4.80. The highest BCUT2D eigenvalue weighted by molar-refractivity contribution is 5.89. The highest BCUT2D eigenvalue weighted by atomic mass is 19.4. The van der Waals surface area contributed by atoms with Crippen LogP contribution in [0.4, 0.5) is 29.3 Å². The van der Waals surface area contributed by atoms with E-state index < -0.39 is 17.8 Å². The first-order valence-electron chi connectivity index (χ1n) is 4.80. The molecule has 0 radical (unpaired) electrons. The molecule has 1 heterocycles. The molecule has 92 valence electrons. The molecule has 0 unspecified atom stereocenters. The topological polar surface area (TPSA) is 55.6 Å². The Bertz CT molecular complexity index is 459. The number of carbonyl (C=O) groups excluding carboxylic acids is 1. The lowest BCUT2D eigenvalue weighted by atomic mass is 10.1. The summed E-state index contributed by atoms with van der Waals surface area (Å²) in [6.07, 6.45) is -5.19. The van der Waals surface area contributed by atoms with E-state index in [0.717, 1.165) is 17.0 Å². The minimum absolute atomic E-state index is 0.133. The van der Waals surface area contributed by atoms with Gasteiger partial charge in [0.25, 0.3) is 0 Å². The third-order valence-electron chi connectivity index (χ3n) is 2.41. The number of nitrogens with two attached hydrogens (primary N) is 1. The van der Waals surface area contributed by atoms with Crippen LogP contribution in [-0.2, 0) is 10.9 Å². The van der Waals surface area contributed by atoms with Gasteiger partial charge in [-0.2, -0.15) is 13.2 Å². The fraction of sp³-hybridized carbons (Fsp3) is 0.300. The zero-order chi connectivity index (χ0) is 12.6. The SMILES string of the molecule is Nc1ccc(N2CCOC2=O)cc1C(F)(F)F. The van der Waals surface area contributed by atoms with Crippen LogP contribution in [0.15, 0.2) is 18.2 Å². The monoisotopic (exact) mass is 246 g/mol. The lowest BCUT2D eigenvalue weighted by Crippen LogP contribution is -2.24. The molecule has 0 aliphatic carbocycles. The smallest absolute Gasteiger partial charge is 0.418 e. The molecular formula is C10H9F3N2O2. The Morgan fingerprint density at radius 2 is 2.06 bits per heavy atom. The summed E-state index contributed by atoms with van der Waals surface area (Å²) < 4.78 is 42.4. The number of halogens is 3. The Morgan fingerprint density at radius 1 is 1.35 bits per heavy atom. The van der Waals surface area contributed by atoms with E-state index in [0.29, 0.717) is 0 Å². The number of alkyl halides is 3. The molecule has 4 nitrogen and oxygen atoms in total. The molecule has 1 amide bonds. The maximum Gasteiger partial charge on any atom is 0.418 e. The van der Waals surface area contributed by atoms with E-state index in [4.69, 9.17) is 5.73 Å². The number of anilines is 2. The van der Waals surface area contributed by atoms with Crippen LogP contribution in [-0.4, -0.2) is 19.2 Å². The maximum atomic E-state index is 12.6. The summed E-state index contributed by atoms with van der Waals surface area (Å²) in [5, 5.41) is 0. The zero-order valence-corrected chi connectivity index (χ0v) is 8.62. The van der Waals surface area contributed by atoms with E-state index in [2.05, 4.69) is 4.74 Å². The summed E-state index contributed by atoms with van der Waals surface area (Å²) in [6.45, 7) is 0.407. The first kappa shape index (κ1) is 11.6. The van der Waals surface area contributed by atoms with Crippen LogP contribution in [0, 0.1) is 0 Å². The molecule has 2 rings (SSSR count). The molecule has 1 saturated heterocycles. The highest BCUT2D eigenvalue weighted by Crippen LogP contribution is 2.36. The van der Waals surface area contributed by atoms with E-state index in [9.17, 15) is 18.0 Å². The molecule has 1 aromatic rings. The van der Waals surface area contributed by atoms with Crippen LogP contribution < -0.4 is 10.6 Å². The second kappa shape index (κ2) is 3.83. The van der Waals surface area contributed by atoms with Gasteiger partial charge in [-0.15, -0.1) is 0 Å². The van der Waals surface area contributed by atoms with Crippen molar-refractivity contribution in [3.8, 4) is 0 Å². The standard InChI is InChI=1S/C10H9F3N2O2/c11-10(12,13)7-5-6(1-2-8(7)14)15-3-4-17-9(15)16/h1-2,5H,3-4,14H2. The summed E-state index contributed by atoms with van der Waals surface area (Å²) in [6, 6.07) is 3.34. The summed E-state index contributed by atoms with van der Waals surface area (Å²) in [4.78, 5) is 12.3. The summed E-state index contributed by atoms with van der Waals surface area (Å²) in [7, 11) is 0. The van der Waals surface area contributed by atoms with Crippen molar-refractivity contribution in [3.63, 3.8) is 0 Å². The van der Waals surface area contributed by atoms with Crippen molar-refractivity contribution in [2.45, 2.75) is 6.18 Å². The summed E-state index contributed by atoms with van der Waals surface area (Å²) in [5.74, 6) is 0. The molecule has 1 aliphatic rings. The van der Waals surface area contributed by atoms with Gasteiger partial charge >= 0.3 is 12.3 Å². The number of hydrogen-bond acceptors (Lipinski definition) is 3. The Kier molecular flexibility index (Phi) is 2.60. The number of cyclic esters (lactones) is 1. The molecular weight excluding hydrogens is 237 g/mol. The molecule has 7 heteroatoms. The molecule has 2 N–H and O–H groups in total. The molecule has 1 aliphatic heterocycles. The van der Waals surface area contributed by atoms with Gasteiger partial charge in [0.2, 0.25) is 0 Å². The third kappa shape index (κ3) is 2.13. The van der Waals surface area contributed by atoms with Gasteiger partial charge in [-0.25, -0.2) is 4.79 Å². The molecule has 0 saturated carbocycles. The highest BCUT2D eigenvalue weighted by Gasteiger charge is 2.34. The van der Waals surface area contributed by atoms with Crippen LogP contribution >= 0.6 is 0 Å². The lowest BCUT2D eigenvalue weighted by molar-refractivity contribution is -0.136. The molecule has 1 aromatic carbocycles. The number of hydrogen-bond donors (Lipinski definition) is 1. The van der Waals surface area contributed by atoms with Crippen molar-refractivity contribution >= 4 is 17.5 Å². The van der Waals surface area contributed by atoms with Crippen molar-refractivity contribution < 1.29 is 22.7 Å². The number of amides is 1. The predicted molar refractivity (Wildman–Crippen MR) is 54.6 cm³/mol. The fourth-order valence-corrected chi connectivity index (χ4v) is 1.59. The van der Waals surface area contributed by atoms with E-state index in [1.165, 1.54) is 6.07 Å². The quantitative estimate of drug-likeness (QED) is 0.773. The van der Waals surface area contributed by atoms with Crippen molar-refractivity contribution in [2.24, 2.45) is 0 Å². The van der Waals surface area contributed by atoms with Gasteiger partial charge in [-0.05, 0) is 18.2 Å². The van der Waals surface area contributed by atoms with Gasteiger partial charge in [0.1, 0.15) is 6.61 Å². The zero-order valence-electron chi connectivity index (χ0n) is 8.62. The number of ether oxygens (including phenoxy) is 1. The Balaban J connectivity index is 2.41. The van der Waals surface area contributed by atoms with E-state index in [1.807, 2.05) is 0 Å². The van der Waals surface area contributed by atoms with Gasteiger partial charge in [0, 0.05) is 11.4 Å². The van der Waals surface area contributed by atoms with Gasteiger partial charge in [0.15, 0.2) is 0 Å². The molecule has 0 bridgehead atoms. The molecule has 0 spiro atoms. The number of nitrogens with zero attached hydrogens (tertiary/aromatic N) is 1. The van der Waals surface area contributed by atoms with Crippen molar-refractivity contribution in [2.75, 3.05) is 23.8 Å². The molecule has 1 fully saturated rings. The number of benzene rings is 1. The van der Waals surface area contributed by atoms with Gasteiger partial charge in [-0.3, -0.25) is 4.90 Å². The molecule has 0 atom stereocenters. The second-order valence-corrected chi connectivity index (χ2v) is 3.54. The van der Waals surface area contributed by atoms with Crippen LogP contribution in [0.25, 0.3) is 0 Å². The van der Waals surface area contributed by atoms with Crippen molar-refractivity contribution in [3.05, 3.63) is 23.8 Å². The van der Waals surface area contributed by atoms with E-state index in [1.54, 1.807) is 0 Å². The Morgan fingerprint density at radius 3 is 2.59 bits per heavy atom. The Hall–Kier alpha value is -1.92. The first-order chi connectivity index (χ1) is 7.89. The van der Waals surface area contributed by atoms with Crippen LogP contribution in [0.2, 0.25) is 0 Å². The average Bonchev–Trinajstić information content (AvgIpc) is 2.63. The lowest BCUT2D eigenvalue weighted by Gasteiger charge is -2.16. The van der Waals surface area contributed by atoms with Crippen molar-refractivity contribution in [1.82, 2.24) is 0 Å². The van der Waals surface area contributed by atoms with Crippen molar-refractivity contribution in [1.29, 1.82) is 0 Å². The summed E-state index contributed by atoms with van der Waals surface area (Å²) >= 11 is 0. The molecule has 17 heavy (non-hydrogen) atoms. The van der Waals surface area contributed by atoms with Crippen LogP contribution in [0.5, 0.6) is 0 Å². The number of rotatable bonds is 1. The number of nitrogen functional groups attached to an aromatic ring is 1. The summed E-state index contributed by atoms with van der Waals surface area (Å²) in [5.41, 5.74) is 4.07. The normalized spacial score (nSPS) is 16.2. The van der Waals surface area contributed by atoms with Crippen LogP contribution in [0.3, 0.4) is 0 Å². The van der Waals surface area contributed by atoms with Crippen LogP contribution in [0.1, 0.15) is 5.56 Å². The Labute approximate surface area is 94.8 Å². The van der Waals surface area contributed by atoms with Gasteiger partial charge in [-0.1, -0.05) is 0 Å². The second-order valence-electron chi connectivity index (χ2n) is 3.54. The minimum atomic E-state index is -4.54.